The molecule has 0 saturated heterocycles. The molecule has 19 heavy (non-hydrogen) atoms. The zero-order valence-electron chi connectivity index (χ0n) is 11.6. The van der Waals surface area contributed by atoms with E-state index in [0.717, 1.165) is 28.5 Å². The molecule has 2 aliphatic rings. The van der Waals surface area contributed by atoms with Crippen LogP contribution in [0.3, 0.4) is 0 Å². The zero-order chi connectivity index (χ0) is 13.2. The third-order valence-corrected chi connectivity index (χ3v) is 5.38. The monoisotopic (exact) mass is 278 g/mol. The molecule has 1 aromatic heterocycles. The number of anilines is 1. The molecule has 4 heteroatoms. The number of aromatic nitrogens is 1. The van der Waals surface area contributed by atoms with Gasteiger partial charge in [0.05, 0.1) is 10.6 Å². The predicted octanol–water partition coefficient (Wildman–Crippen LogP) is 3.99. The van der Waals surface area contributed by atoms with E-state index in [2.05, 4.69) is 11.8 Å². The Morgan fingerprint density at radius 1 is 1.26 bits per heavy atom. The van der Waals surface area contributed by atoms with Crippen LogP contribution in [0, 0.1) is 0 Å². The summed E-state index contributed by atoms with van der Waals surface area (Å²) in [6, 6.07) is 0.636. The highest BCUT2D eigenvalue weighted by atomic mass is 32.1. The first-order valence-electron chi connectivity index (χ1n) is 7.56. The number of hydrogen-bond acceptors (Lipinski definition) is 4. The zero-order valence-corrected chi connectivity index (χ0v) is 12.4. The average molecular weight is 278 g/mol. The first-order chi connectivity index (χ1) is 9.33. The smallest absolute Gasteiger partial charge is 0.186 e. The number of aldehydes is 1. The molecule has 0 radical (unpaired) electrons. The van der Waals surface area contributed by atoms with Crippen molar-refractivity contribution in [3.8, 4) is 0 Å². The second kappa shape index (κ2) is 5.61. The van der Waals surface area contributed by atoms with E-state index in [0.29, 0.717) is 12.0 Å². The van der Waals surface area contributed by atoms with Gasteiger partial charge in [0.15, 0.2) is 11.4 Å². The van der Waals surface area contributed by atoms with E-state index in [4.69, 9.17) is 4.98 Å². The van der Waals surface area contributed by atoms with Crippen LogP contribution in [0.1, 0.15) is 73.2 Å². The normalized spacial score (nSPS) is 20.5. The second-order valence-electron chi connectivity index (χ2n) is 5.72. The van der Waals surface area contributed by atoms with Gasteiger partial charge >= 0.3 is 0 Å². The van der Waals surface area contributed by atoms with Crippen LogP contribution in [-0.4, -0.2) is 23.9 Å². The lowest BCUT2D eigenvalue weighted by Gasteiger charge is -2.33. The van der Waals surface area contributed by atoms with Crippen molar-refractivity contribution in [1.29, 1.82) is 0 Å². The van der Waals surface area contributed by atoms with Crippen LogP contribution in [0.4, 0.5) is 5.13 Å². The third kappa shape index (κ3) is 2.69. The second-order valence-corrected chi connectivity index (χ2v) is 6.73. The van der Waals surface area contributed by atoms with E-state index in [1.807, 2.05) is 0 Å². The number of thiazole rings is 1. The number of carbonyl (C=O) groups is 1. The van der Waals surface area contributed by atoms with Gasteiger partial charge in [-0.1, -0.05) is 30.6 Å². The Kier molecular flexibility index (Phi) is 3.87. The van der Waals surface area contributed by atoms with Crippen molar-refractivity contribution in [2.24, 2.45) is 0 Å². The summed E-state index contributed by atoms with van der Waals surface area (Å²) in [4.78, 5) is 19.3. The summed E-state index contributed by atoms with van der Waals surface area (Å²) in [5.41, 5.74) is 1.07. The number of nitrogens with zero attached hydrogens (tertiary/aromatic N) is 2. The molecule has 2 fully saturated rings. The van der Waals surface area contributed by atoms with E-state index in [9.17, 15) is 4.79 Å². The Morgan fingerprint density at radius 2 is 2.00 bits per heavy atom. The minimum Gasteiger partial charge on any atom is -0.345 e. The summed E-state index contributed by atoms with van der Waals surface area (Å²) in [6.45, 7) is 3.20. The minimum absolute atomic E-state index is 0.565. The highest BCUT2D eigenvalue weighted by Crippen LogP contribution is 2.44. The van der Waals surface area contributed by atoms with Crippen molar-refractivity contribution < 1.29 is 4.79 Å². The molecule has 0 bridgehead atoms. The molecule has 3 nitrogen and oxygen atoms in total. The predicted molar refractivity (Wildman–Crippen MR) is 79.4 cm³/mol. The molecular weight excluding hydrogens is 256 g/mol. The van der Waals surface area contributed by atoms with E-state index in [-0.39, 0.29) is 0 Å². The van der Waals surface area contributed by atoms with Gasteiger partial charge in [-0.15, -0.1) is 0 Å². The van der Waals surface area contributed by atoms with Crippen molar-refractivity contribution >= 4 is 22.8 Å². The third-order valence-electron chi connectivity index (χ3n) is 4.34. The van der Waals surface area contributed by atoms with Gasteiger partial charge in [0.25, 0.3) is 0 Å². The average Bonchev–Trinajstić information content (AvgIpc) is 3.22. The fourth-order valence-electron chi connectivity index (χ4n) is 3.13. The highest BCUT2D eigenvalue weighted by Gasteiger charge is 2.31. The van der Waals surface area contributed by atoms with E-state index in [1.54, 1.807) is 11.3 Å². The van der Waals surface area contributed by atoms with Crippen LogP contribution < -0.4 is 4.90 Å². The summed E-state index contributed by atoms with van der Waals surface area (Å²) in [5.74, 6) is 0.565. The molecule has 0 aliphatic heterocycles. The molecule has 0 atom stereocenters. The van der Waals surface area contributed by atoms with Crippen molar-refractivity contribution in [3.05, 3.63) is 10.6 Å². The number of rotatable bonds is 5. The summed E-state index contributed by atoms with van der Waals surface area (Å²) in [5, 5.41) is 1.08. The van der Waals surface area contributed by atoms with Crippen LogP contribution in [0.2, 0.25) is 0 Å². The molecule has 0 aromatic carbocycles. The van der Waals surface area contributed by atoms with Gasteiger partial charge in [-0.05, 0) is 32.6 Å². The molecule has 0 spiro atoms. The fraction of sp³-hybridized carbons (Fsp3) is 0.733. The van der Waals surface area contributed by atoms with Crippen molar-refractivity contribution in [2.75, 3.05) is 11.4 Å². The first-order valence-corrected chi connectivity index (χ1v) is 8.37. The molecule has 0 amide bonds. The molecule has 2 aliphatic carbocycles. The Balaban J connectivity index is 1.83. The van der Waals surface area contributed by atoms with Crippen LogP contribution in [0.25, 0.3) is 0 Å². The van der Waals surface area contributed by atoms with Gasteiger partial charge in [0, 0.05) is 18.5 Å². The molecule has 0 unspecified atom stereocenters. The molecule has 0 N–H and O–H groups in total. The summed E-state index contributed by atoms with van der Waals surface area (Å²) >= 11 is 1.60. The van der Waals surface area contributed by atoms with Crippen LogP contribution in [0.5, 0.6) is 0 Å². The summed E-state index contributed by atoms with van der Waals surface area (Å²) in [6.07, 6.45) is 10.0. The van der Waals surface area contributed by atoms with E-state index >= 15 is 0 Å². The molecule has 3 rings (SSSR count). The minimum atomic E-state index is 0.565. The van der Waals surface area contributed by atoms with Gasteiger partial charge in [-0.2, -0.15) is 0 Å². The van der Waals surface area contributed by atoms with E-state index < -0.39 is 0 Å². The maximum Gasteiger partial charge on any atom is 0.186 e. The fourth-order valence-corrected chi connectivity index (χ4v) is 4.23. The maximum atomic E-state index is 11.2. The molecule has 1 heterocycles. The topological polar surface area (TPSA) is 33.2 Å². The van der Waals surface area contributed by atoms with Crippen LogP contribution in [0.15, 0.2) is 0 Å². The summed E-state index contributed by atoms with van der Waals surface area (Å²) in [7, 11) is 0. The molecule has 2 saturated carbocycles. The lowest BCUT2D eigenvalue weighted by Crippen LogP contribution is -2.36. The van der Waals surface area contributed by atoms with Crippen molar-refractivity contribution in [3.63, 3.8) is 0 Å². The van der Waals surface area contributed by atoms with Gasteiger partial charge in [0.2, 0.25) is 0 Å². The molecule has 1 aromatic rings. The Hall–Kier alpha value is -0.900. The lowest BCUT2D eigenvalue weighted by atomic mass is 9.94. The Morgan fingerprint density at radius 3 is 2.58 bits per heavy atom. The standard InChI is InChI=1S/C15H22N2OS/c1-2-17(12-6-4-3-5-7-12)15-16-14(11-8-9-11)13(10-18)19-15/h10-12H,2-9H2,1H3. The van der Waals surface area contributed by atoms with E-state index in [1.165, 1.54) is 44.9 Å². The molecular formula is C15H22N2OS. The van der Waals surface area contributed by atoms with Gasteiger partial charge in [-0.25, -0.2) is 4.98 Å². The maximum absolute atomic E-state index is 11.2. The Labute approximate surface area is 119 Å². The number of hydrogen-bond donors (Lipinski definition) is 0. The van der Waals surface area contributed by atoms with Crippen molar-refractivity contribution in [1.82, 2.24) is 4.98 Å². The van der Waals surface area contributed by atoms with Crippen molar-refractivity contribution in [2.45, 2.75) is 63.8 Å². The SMILES string of the molecule is CCN(c1nc(C2CC2)c(C=O)s1)C1CCCCC1. The van der Waals surface area contributed by atoms with Crippen LogP contribution >= 0.6 is 11.3 Å². The highest BCUT2D eigenvalue weighted by molar-refractivity contribution is 7.17. The number of carbonyl (C=O) groups excluding carboxylic acids is 1. The van der Waals surface area contributed by atoms with Gasteiger partial charge in [-0.3, -0.25) is 4.79 Å². The molecule has 104 valence electrons. The lowest BCUT2D eigenvalue weighted by molar-refractivity contribution is 0.112. The largest absolute Gasteiger partial charge is 0.345 e. The van der Waals surface area contributed by atoms with Gasteiger partial charge < -0.3 is 4.90 Å². The van der Waals surface area contributed by atoms with Gasteiger partial charge in [0.1, 0.15) is 0 Å². The Bertz CT molecular complexity index is 447. The quantitative estimate of drug-likeness (QED) is 0.763. The van der Waals surface area contributed by atoms with Crippen LogP contribution in [-0.2, 0) is 0 Å². The summed E-state index contributed by atoms with van der Waals surface area (Å²) < 4.78 is 0. The first kappa shape index (κ1) is 13.1.